The highest BCUT2D eigenvalue weighted by atomic mass is 16.1. The molecule has 0 radical (unpaired) electrons. The van der Waals surface area contributed by atoms with Gasteiger partial charge in [-0.05, 0) is 12.1 Å². The topological polar surface area (TPSA) is 46.9 Å². The number of carbonyl (C=O) groups is 1. The Morgan fingerprint density at radius 1 is 1.33 bits per heavy atom. The summed E-state index contributed by atoms with van der Waals surface area (Å²) in [6, 6.07) is 9.80. The predicted octanol–water partition coefficient (Wildman–Crippen LogP) is 1.83. The zero-order valence-electron chi connectivity index (χ0n) is 8.34. The molecule has 1 heterocycles. The molecule has 1 aromatic carbocycles. The molecule has 0 unspecified atom stereocenters. The van der Waals surface area contributed by atoms with Crippen molar-refractivity contribution in [1.82, 2.24) is 9.55 Å². The minimum atomic E-state index is -0.117. The summed E-state index contributed by atoms with van der Waals surface area (Å²) in [7, 11) is 0. The van der Waals surface area contributed by atoms with Crippen LogP contribution in [0.3, 0.4) is 0 Å². The Bertz CT molecular complexity index is 462. The fourth-order valence-corrected chi connectivity index (χ4v) is 1.31. The number of nitrogens with one attached hydrogen (secondary N) is 1. The van der Waals surface area contributed by atoms with Crippen molar-refractivity contribution >= 4 is 11.7 Å². The third-order valence-electron chi connectivity index (χ3n) is 1.94. The van der Waals surface area contributed by atoms with E-state index >= 15 is 0 Å². The van der Waals surface area contributed by atoms with Crippen LogP contribution in [0.2, 0.25) is 0 Å². The van der Waals surface area contributed by atoms with Crippen LogP contribution in [0.25, 0.3) is 5.69 Å². The van der Waals surface area contributed by atoms with E-state index in [0.717, 1.165) is 5.69 Å². The summed E-state index contributed by atoms with van der Waals surface area (Å²) < 4.78 is 1.85. The van der Waals surface area contributed by atoms with E-state index in [0.29, 0.717) is 5.82 Å². The van der Waals surface area contributed by atoms with E-state index < -0.39 is 0 Å². The Labute approximate surface area is 87.6 Å². The molecule has 0 fully saturated rings. The van der Waals surface area contributed by atoms with Crippen LogP contribution in [0.15, 0.2) is 42.9 Å². The summed E-state index contributed by atoms with van der Waals surface area (Å²) in [6.07, 6.45) is 3.44. The Hall–Kier alpha value is -2.10. The first-order valence-electron chi connectivity index (χ1n) is 4.63. The summed E-state index contributed by atoms with van der Waals surface area (Å²) in [5, 5.41) is 2.62. The molecule has 0 atom stereocenters. The fraction of sp³-hybridized carbons (Fsp3) is 0.0909. The van der Waals surface area contributed by atoms with E-state index in [2.05, 4.69) is 10.3 Å². The third kappa shape index (κ3) is 2.22. The molecule has 0 saturated heterocycles. The maximum atomic E-state index is 10.8. The van der Waals surface area contributed by atoms with Crippen LogP contribution >= 0.6 is 0 Å². The van der Waals surface area contributed by atoms with Crippen LogP contribution in [0.4, 0.5) is 5.82 Å². The van der Waals surface area contributed by atoms with Crippen LogP contribution < -0.4 is 5.32 Å². The molecule has 2 rings (SSSR count). The van der Waals surface area contributed by atoms with Gasteiger partial charge in [-0.3, -0.25) is 4.79 Å². The second-order valence-electron chi connectivity index (χ2n) is 3.18. The number of amides is 1. The van der Waals surface area contributed by atoms with E-state index in [1.165, 1.54) is 6.92 Å². The van der Waals surface area contributed by atoms with Crippen LogP contribution in [0.1, 0.15) is 6.92 Å². The van der Waals surface area contributed by atoms with Gasteiger partial charge >= 0.3 is 0 Å². The van der Waals surface area contributed by atoms with Crippen molar-refractivity contribution in [2.45, 2.75) is 6.92 Å². The van der Waals surface area contributed by atoms with Gasteiger partial charge in [-0.25, -0.2) is 4.98 Å². The van der Waals surface area contributed by atoms with Crippen molar-refractivity contribution in [3.8, 4) is 5.69 Å². The van der Waals surface area contributed by atoms with E-state index in [1.807, 2.05) is 34.9 Å². The maximum absolute atomic E-state index is 10.8. The van der Waals surface area contributed by atoms with Crippen LogP contribution in [-0.2, 0) is 4.79 Å². The van der Waals surface area contributed by atoms with Crippen molar-refractivity contribution in [2.75, 3.05) is 5.32 Å². The summed E-state index contributed by atoms with van der Waals surface area (Å²) in [4.78, 5) is 14.9. The van der Waals surface area contributed by atoms with Gasteiger partial charge < -0.3 is 9.88 Å². The Balaban J connectivity index is 2.24. The number of rotatable bonds is 2. The Kier molecular flexibility index (Phi) is 2.49. The molecule has 76 valence electrons. The van der Waals surface area contributed by atoms with Gasteiger partial charge in [-0.2, -0.15) is 0 Å². The lowest BCUT2D eigenvalue weighted by Gasteiger charge is -1.99. The lowest BCUT2D eigenvalue weighted by Crippen LogP contribution is -2.05. The number of anilines is 1. The standard InChI is InChI=1S/C11H11N3O/c1-9(15)13-11-7-14(8-12-11)10-5-3-2-4-6-10/h2-8H,1H3,(H,13,15). The van der Waals surface area contributed by atoms with Crippen molar-refractivity contribution in [2.24, 2.45) is 0 Å². The zero-order chi connectivity index (χ0) is 10.7. The van der Waals surface area contributed by atoms with Gasteiger partial charge in [0.1, 0.15) is 6.33 Å². The third-order valence-corrected chi connectivity index (χ3v) is 1.94. The Morgan fingerprint density at radius 2 is 2.07 bits per heavy atom. The lowest BCUT2D eigenvalue weighted by molar-refractivity contribution is -0.114. The summed E-state index contributed by atoms with van der Waals surface area (Å²) in [5.74, 6) is 0.444. The minimum Gasteiger partial charge on any atom is -0.310 e. The van der Waals surface area contributed by atoms with Gasteiger partial charge in [-0.15, -0.1) is 0 Å². The first-order chi connectivity index (χ1) is 7.25. The molecule has 0 aliphatic rings. The minimum absolute atomic E-state index is 0.117. The highest BCUT2D eigenvalue weighted by Gasteiger charge is 2.00. The molecular formula is C11H11N3O. The summed E-state index contributed by atoms with van der Waals surface area (Å²) in [5.41, 5.74) is 1.02. The highest BCUT2D eigenvalue weighted by molar-refractivity contribution is 5.87. The monoisotopic (exact) mass is 201 g/mol. The van der Waals surface area contributed by atoms with E-state index in [1.54, 1.807) is 12.5 Å². The van der Waals surface area contributed by atoms with E-state index in [-0.39, 0.29) is 5.91 Å². The van der Waals surface area contributed by atoms with Gasteiger partial charge in [-0.1, -0.05) is 18.2 Å². The molecule has 1 aromatic heterocycles. The number of benzene rings is 1. The smallest absolute Gasteiger partial charge is 0.222 e. The van der Waals surface area contributed by atoms with Crippen LogP contribution in [0, 0.1) is 0 Å². The molecular weight excluding hydrogens is 190 g/mol. The molecule has 1 amide bonds. The molecule has 0 bridgehead atoms. The molecule has 0 saturated carbocycles. The first kappa shape index (κ1) is 9.45. The average Bonchev–Trinajstić information content (AvgIpc) is 2.67. The number of para-hydroxylation sites is 1. The number of carbonyl (C=O) groups excluding carboxylic acids is 1. The maximum Gasteiger partial charge on any atom is 0.222 e. The first-order valence-corrected chi connectivity index (χ1v) is 4.63. The van der Waals surface area contributed by atoms with Crippen molar-refractivity contribution in [1.29, 1.82) is 0 Å². The lowest BCUT2D eigenvalue weighted by atomic mass is 10.3. The normalized spacial score (nSPS) is 9.93. The highest BCUT2D eigenvalue weighted by Crippen LogP contribution is 2.10. The molecule has 2 aromatic rings. The van der Waals surface area contributed by atoms with Crippen LogP contribution in [0.5, 0.6) is 0 Å². The number of hydrogen-bond donors (Lipinski definition) is 1. The molecule has 15 heavy (non-hydrogen) atoms. The number of imidazole rings is 1. The number of hydrogen-bond acceptors (Lipinski definition) is 2. The number of nitrogens with zero attached hydrogens (tertiary/aromatic N) is 2. The molecule has 0 spiro atoms. The second-order valence-corrected chi connectivity index (χ2v) is 3.18. The predicted molar refractivity (Wildman–Crippen MR) is 57.9 cm³/mol. The van der Waals surface area contributed by atoms with Crippen molar-refractivity contribution in [3.05, 3.63) is 42.9 Å². The van der Waals surface area contributed by atoms with Crippen molar-refractivity contribution in [3.63, 3.8) is 0 Å². The summed E-state index contributed by atoms with van der Waals surface area (Å²) >= 11 is 0. The quantitative estimate of drug-likeness (QED) is 0.805. The largest absolute Gasteiger partial charge is 0.310 e. The number of aromatic nitrogens is 2. The van der Waals surface area contributed by atoms with Gasteiger partial charge in [0, 0.05) is 12.6 Å². The summed E-state index contributed by atoms with van der Waals surface area (Å²) in [6.45, 7) is 1.46. The fourth-order valence-electron chi connectivity index (χ4n) is 1.31. The molecule has 0 aliphatic carbocycles. The SMILES string of the molecule is CC(=O)Nc1cn(-c2ccccc2)cn1. The van der Waals surface area contributed by atoms with Gasteiger partial charge in [0.2, 0.25) is 5.91 Å². The Morgan fingerprint density at radius 3 is 2.73 bits per heavy atom. The molecule has 4 nitrogen and oxygen atoms in total. The molecule has 1 N–H and O–H groups in total. The molecule has 0 aliphatic heterocycles. The molecule has 4 heteroatoms. The van der Waals surface area contributed by atoms with Gasteiger partial charge in [0.25, 0.3) is 0 Å². The van der Waals surface area contributed by atoms with E-state index in [4.69, 9.17) is 0 Å². The zero-order valence-corrected chi connectivity index (χ0v) is 8.34. The average molecular weight is 201 g/mol. The second kappa shape index (κ2) is 3.96. The van der Waals surface area contributed by atoms with Crippen LogP contribution in [-0.4, -0.2) is 15.5 Å². The van der Waals surface area contributed by atoms with E-state index in [9.17, 15) is 4.79 Å². The van der Waals surface area contributed by atoms with Gasteiger partial charge in [0.15, 0.2) is 5.82 Å². The van der Waals surface area contributed by atoms with Crippen molar-refractivity contribution < 1.29 is 4.79 Å². The van der Waals surface area contributed by atoms with Gasteiger partial charge in [0.05, 0.1) is 6.20 Å².